The van der Waals surface area contributed by atoms with Gasteiger partial charge in [-0.1, -0.05) is 39.5 Å². The van der Waals surface area contributed by atoms with E-state index >= 15 is 0 Å². The van der Waals surface area contributed by atoms with E-state index in [-0.39, 0.29) is 0 Å². The average molecular weight is 303 g/mol. The minimum absolute atomic E-state index is 0.506. The molecule has 0 saturated heterocycles. The Morgan fingerprint density at radius 1 is 1.23 bits per heavy atom. The van der Waals surface area contributed by atoms with Gasteiger partial charge in [-0.05, 0) is 43.4 Å². The summed E-state index contributed by atoms with van der Waals surface area (Å²) in [5.74, 6) is 3.79. The number of hydrogen-bond donors (Lipinski definition) is 1. The number of rotatable bonds is 5. The Morgan fingerprint density at radius 3 is 2.82 bits per heavy atom. The fraction of sp³-hybridized carbons (Fsp3) is 0.895. The van der Waals surface area contributed by atoms with E-state index in [4.69, 9.17) is 5.10 Å². The van der Waals surface area contributed by atoms with Gasteiger partial charge < -0.3 is 5.43 Å². The first-order chi connectivity index (χ1) is 10.8. The van der Waals surface area contributed by atoms with Crippen LogP contribution in [0.1, 0.15) is 65.2 Å². The van der Waals surface area contributed by atoms with Gasteiger partial charge in [-0.25, -0.2) is 0 Å². The molecule has 5 unspecified atom stereocenters. The second-order valence-electron chi connectivity index (χ2n) is 7.69. The molecule has 0 aromatic heterocycles. The highest BCUT2D eigenvalue weighted by Gasteiger charge is 2.39. The summed E-state index contributed by atoms with van der Waals surface area (Å²) in [6.07, 6.45) is 13.1. The van der Waals surface area contributed by atoms with Gasteiger partial charge in [-0.15, -0.1) is 0 Å². The molecule has 0 radical (unpaired) electrons. The molecule has 1 saturated carbocycles. The van der Waals surface area contributed by atoms with E-state index < -0.39 is 0 Å². The first kappa shape index (κ1) is 16.0. The van der Waals surface area contributed by atoms with Crippen molar-refractivity contribution in [2.24, 2.45) is 39.7 Å². The van der Waals surface area contributed by atoms with Crippen molar-refractivity contribution in [3.8, 4) is 0 Å². The summed E-state index contributed by atoms with van der Waals surface area (Å²) in [7, 11) is 0. The molecule has 0 bridgehead atoms. The molecule has 124 valence electrons. The Balaban J connectivity index is 1.76. The summed E-state index contributed by atoms with van der Waals surface area (Å²) in [6.45, 7) is 6.92. The maximum absolute atomic E-state index is 4.74. The van der Waals surface area contributed by atoms with Crippen molar-refractivity contribution in [3.05, 3.63) is 0 Å². The second-order valence-corrected chi connectivity index (χ2v) is 7.69. The fourth-order valence-electron chi connectivity index (χ4n) is 5.08. The van der Waals surface area contributed by atoms with Crippen LogP contribution in [0.4, 0.5) is 0 Å². The smallest absolute Gasteiger partial charge is 0.0514 e. The van der Waals surface area contributed by atoms with Crippen molar-refractivity contribution in [1.29, 1.82) is 0 Å². The van der Waals surface area contributed by atoms with Gasteiger partial charge in [0.05, 0.1) is 5.71 Å². The van der Waals surface area contributed by atoms with E-state index in [1.165, 1.54) is 57.1 Å². The number of hydrogen-bond acceptors (Lipinski definition) is 3. The van der Waals surface area contributed by atoms with Crippen LogP contribution in [-0.4, -0.2) is 25.0 Å². The zero-order valence-electron chi connectivity index (χ0n) is 14.4. The van der Waals surface area contributed by atoms with Gasteiger partial charge in [-0.2, -0.15) is 5.10 Å². The normalized spacial score (nSPS) is 36.7. The van der Waals surface area contributed by atoms with Crippen molar-refractivity contribution < 1.29 is 0 Å². The number of nitrogens with zero attached hydrogens (tertiary/aromatic N) is 2. The molecule has 0 aromatic rings. The van der Waals surface area contributed by atoms with E-state index in [9.17, 15) is 0 Å². The minimum Gasteiger partial charge on any atom is -0.309 e. The van der Waals surface area contributed by atoms with Crippen LogP contribution < -0.4 is 5.43 Å². The first-order valence-electron chi connectivity index (χ1n) is 9.61. The van der Waals surface area contributed by atoms with Gasteiger partial charge in [0.2, 0.25) is 0 Å². The summed E-state index contributed by atoms with van der Waals surface area (Å²) in [5.41, 5.74) is 4.77. The third-order valence-corrected chi connectivity index (χ3v) is 6.23. The fourth-order valence-corrected chi connectivity index (χ4v) is 5.08. The van der Waals surface area contributed by atoms with Crippen molar-refractivity contribution in [1.82, 2.24) is 5.43 Å². The lowest BCUT2D eigenvalue weighted by Crippen LogP contribution is -2.38. The lowest BCUT2D eigenvalue weighted by Gasteiger charge is -2.39. The average Bonchev–Trinajstić information content (AvgIpc) is 3.04. The van der Waals surface area contributed by atoms with Gasteiger partial charge in [0.1, 0.15) is 0 Å². The Kier molecular flexibility index (Phi) is 5.54. The predicted octanol–water partition coefficient (Wildman–Crippen LogP) is 4.29. The van der Waals surface area contributed by atoms with Crippen molar-refractivity contribution in [2.45, 2.75) is 65.2 Å². The lowest BCUT2D eigenvalue weighted by molar-refractivity contribution is 0.140. The Hall–Kier alpha value is -0.860. The number of aliphatic imine (C=N–C) groups is 1. The second kappa shape index (κ2) is 7.61. The summed E-state index contributed by atoms with van der Waals surface area (Å²) < 4.78 is 0. The topological polar surface area (TPSA) is 36.8 Å². The molecule has 3 heteroatoms. The summed E-state index contributed by atoms with van der Waals surface area (Å²) in [4.78, 5) is 4.54. The van der Waals surface area contributed by atoms with Crippen LogP contribution in [0.3, 0.4) is 0 Å². The quantitative estimate of drug-likeness (QED) is 0.808. The SMILES string of the molecule is CCCC(C1CNN=C1C1C=NCCC1)C1CCCCC1C. The molecule has 3 aliphatic rings. The van der Waals surface area contributed by atoms with E-state index in [0.29, 0.717) is 11.8 Å². The zero-order chi connectivity index (χ0) is 15.4. The summed E-state index contributed by atoms with van der Waals surface area (Å²) in [5, 5.41) is 4.74. The summed E-state index contributed by atoms with van der Waals surface area (Å²) >= 11 is 0. The van der Waals surface area contributed by atoms with E-state index in [0.717, 1.165) is 30.8 Å². The molecule has 2 heterocycles. The highest BCUT2D eigenvalue weighted by Crippen LogP contribution is 2.42. The Labute approximate surface area is 136 Å². The largest absolute Gasteiger partial charge is 0.309 e. The van der Waals surface area contributed by atoms with Gasteiger partial charge in [-0.3, -0.25) is 4.99 Å². The van der Waals surface area contributed by atoms with Gasteiger partial charge in [0.15, 0.2) is 0 Å². The zero-order valence-corrected chi connectivity index (χ0v) is 14.4. The van der Waals surface area contributed by atoms with Gasteiger partial charge >= 0.3 is 0 Å². The lowest BCUT2D eigenvalue weighted by atomic mass is 9.65. The van der Waals surface area contributed by atoms with Crippen LogP contribution >= 0.6 is 0 Å². The Bertz CT molecular complexity index is 415. The molecule has 0 spiro atoms. The van der Waals surface area contributed by atoms with E-state index in [1.807, 2.05) is 0 Å². The van der Waals surface area contributed by atoms with Crippen LogP contribution in [0.15, 0.2) is 10.1 Å². The molecule has 22 heavy (non-hydrogen) atoms. The number of hydrazone groups is 1. The Morgan fingerprint density at radius 2 is 2.09 bits per heavy atom. The van der Waals surface area contributed by atoms with Crippen LogP contribution in [0.25, 0.3) is 0 Å². The summed E-state index contributed by atoms with van der Waals surface area (Å²) in [6, 6.07) is 0. The maximum Gasteiger partial charge on any atom is 0.0514 e. The van der Waals surface area contributed by atoms with Crippen LogP contribution in [-0.2, 0) is 0 Å². The molecule has 1 aliphatic carbocycles. The van der Waals surface area contributed by atoms with E-state index in [2.05, 4.69) is 30.5 Å². The van der Waals surface area contributed by atoms with Crippen molar-refractivity contribution in [3.63, 3.8) is 0 Å². The minimum atomic E-state index is 0.506. The van der Waals surface area contributed by atoms with Crippen LogP contribution in [0.5, 0.6) is 0 Å². The van der Waals surface area contributed by atoms with Crippen molar-refractivity contribution >= 4 is 11.9 Å². The van der Waals surface area contributed by atoms with Crippen molar-refractivity contribution in [2.75, 3.05) is 13.1 Å². The molecular formula is C19H33N3. The first-order valence-corrected chi connectivity index (χ1v) is 9.61. The molecule has 0 amide bonds. The van der Waals surface area contributed by atoms with E-state index in [1.54, 1.807) is 0 Å². The number of nitrogens with one attached hydrogen (secondary N) is 1. The molecule has 0 aromatic carbocycles. The molecule has 1 fully saturated rings. The molecule has 2 aliphatic heterocycles. The third kappa shape index (κ3) is 3.38. The maximum atomic E-state index is 4.74. The van der Waals surface area contributed by atoms with Gasteiger partial charge in [0.25, 0.3) is 0 Å². The highest BCUT2D eigenvalue weighted by molar-refractivity contribution is 6.01. The predicted molar refractivity (Wildman–Crippen MR) is 94.5 cm³/mol. The standard InChI is InChI=1S/C19H33N3/c1-3-7-17(16-10-5-4-8-14(16)2)18-13-21-22-19(18)15-9-6-11-20-12-15/h12,14-18,21H,3-11,13H2,1-2H3. The molecule has 3 nitrogen and oxygen atoms in total. The molecule has 3 rings (SSSR count). The monoisotopic (exact) mass is 303 g/mol. The third-order valence-electron chi connectivity index (χ3n) is 6.23. The highest BCUT2D eigenvalue weighted by atomic mass is 15.3. The van der Waals surface area contributed by atoms with Gasteiger partial charge in [0, 0.05) is 31.1 Å². The molecule has 5 atom stereocenters. The molecule has 1 N–H and O–H groups in total. The van der Waals surface area contributed by atoms with Crippen LogP contribution in [0, 0.1) is 29.6 Å². The van der Waals surface area contributed by atoms with Crippen LogP contribution in [0.2, 0.25) is 0 Å². The molecular weight excluding hydrogens is 270 g/mol.